The fourth-order valence-electron chi connectivity index (χ4n) is 4.76. The van der Waals surface area contributed by atoms with E-state index in [1.807, 2.05) is 0 Å². The Labute approximate surface area is 249 Å². The van der Waals surface area contributed by atoms with Crippen molar-refractivity contribution in [3.63, 3.8) is 0 Å². The van der Waals surface area contributed by atoms with E-state index >= 15 is 0 Å². The molecule has 6 N–H and O–H groups in total. The maximum atomic E-state index is 13.6. The molecule has 0 aliphatic carbocycles. The van der Waals surface area contributed by atoms with E-state index in [0.29, 0.717) is 22.4 Å². The number of Topliss-reactive ketones (excluding diaryl/α,β-unsaturated/α-hetero) is 1. The Bertz CT molecular complexity index is 1760. The van der Waals surface area contributed by atoms with E-state index in [2.05, 4.69) is 28.6 Å². The summed E-state index contributed by atoms with van der Waals surface area (Å²) in [5.74, 6) is -1.08. The standard InChI is InChI=1S/C22H28N7O12P3/c1-22(2,27-28-24)15-6-4-3-5-14(15)17(30)9-13-10-19(29-12-26-20-16(23)7-8-25-21(20)29)39-18(13)11-38-43(34,35)41-44(36,37)40-42(31,32)33/h3-8,12-13,18-19H,9-11H2,1-2H3,(H2,23,25)(H,34,35)(H,36,37)(H2,31,32,33)/t13?,18-,19-/m1/s1. The molecule has 1 aliphatic heterocycles. The fraction of sp³-hybridized carbons (Fsp3) is 0.409. The first kappa shape index (κ1) is 33.9. The quantitative estimate of drug-likeness (QED) is 0.0560. The number of ketones is 1. The second-order valence-electron chi connectivity index (χ2n) is 10.2. The number of anilines is 1. The molecule has 3 unspecified atom stereocenters. The summed E-state index contributed by atoms with van der Waals surface area (Å²) in [7, 11) is -16.8. The molecule has 19 nitrogen and oxygen atoms in total. The largest absolute Gasteiger partial charge is 0.490 e. The molecule has 1 fully saturated rings. The van der Waals surface area contributed by atoms with Crippen molar-refractivity contribution in [3.05, 3.63) is 64.4 Å². The molecule has 0 spiro atoms. The van der Waals surface area contributed by atoms with E-state index in [1.165, 1.54) is 12.5 Å². The van der Waals surface area contributed by atoms with Crippen LogP contribution in [0.3, 0.4) is 0 Å². The van der Waals surface area contributed by atoms with Crippen LogP contribution in [0, 0.1) is 5.92 Å². The number of hydrogen-bond acceptors (Lipinski definition) is 12. The van der Waals surface area contributed by atoms with Gasteiger partial charge >= 0.3 is 23.5 Å². The number of nitrogens with zero attached hydrogens (tertiary/aromatic N) is 6. The number of fused-ring (bicyclic) bond motifs is 1. The molecule has 3 heterocycles. The van der Waals surface area contributed by atoms with Crippen molar-refractivity contribution in [3.8, 4) is 0 Å². The third kappa shape index (κ3) is 8.17. The maximum Gasteiger partial charge on any atom is 0.490 e. The Kier molecular flexibility index (Phi) is 9.83. The molecule has 44 heavy (non-hydrogen) atoms. The highest BCUT2D eigenvalue weighted by molar-refractivity contribution is 7.66. The summed E-state index contributed by atoms with van der Waals surface area (Å²) in [6.07, 6.45) is 0.897. The van der Waals surface area contributed by atoms with Gasteiger partial charge in [-0.25, -0.2) is 23.7 Å². The third-order valence-corrected chi connectivity index (χ3v) is 10.4. The molecule has 1 aliphatic rings. The Hall–Kier alpha value is -3.01. The predicted molar refractivity (Wildman–Crippen MR) is 151 cm³/mol. The van der Waals surface area contributed by atoms with Crippen LogP contribution in [-0.2, 0) is 37.1 Å². The second-order valence-corrected chi connectivity index (χ2v) is 14.6. The number of ether oxygens (including phenoxy) is 1. The zero-order valence-corrected chi connectivity index (χ0v) is 25.7. The van der Waals surface area contributed by atoms with Gasteiger partial charge in [-0.15, -0.1) is 0 Å². The van der Waals surface area contributed by atoms with Gasteiger partial charge < -0.3 is 30.0 Å². The van der Waals surface area contributed by atoms with Crippen molar-refractivity contribution in [1.82, 2.24) is 14.5 Å². The summed E-state index contributed by atoms with van der Waals surface area (Å²) >= 11 is 0. The molecule has 1 aromatic carbocycles. The second kappa shape index (κ2) is 12.8. The molecule has 2 aromatic heterocycles. The molecule has 0 radical (unpaired) electrons. The van der Waals surface area contributed by atoms with Crippen LogP contribution in [0.1, 0.15) is 48.8 Å². The molecule has 1 saturated heterocycles. The number of benzene rings is 1. The minimum absolute atomic E-state index is 0.139. The Morgan fingerprint density at radius 3 is 2.55 bits per heavy atom. The zero-order chi connectivity index (χ0) is 32.5. The number of rotatable bonds is 13. The minimum atomic E-state index is -5.75. The highest BCUT2D eigenvalue weighted by Gasteiger charge is 2.44. The Morgan fingerprint density at radius 1 is 1.16 bits per heavy atom. The summed E-state index contributed by atoms with van der Waals surface area (Å²) in [4.78, 5) is 62.0. The minimum Gasteiger partial charge on any atom is -0.397 e. The average molecular weight is 675 g/mol. The van der Waals surface area contributed by atoms with E-state index in [4.69, 9.17) is 30.3 Å². The van der Waals surface area contributed by atoms with Gasteiger partial charge in [-0.2, -0.15) is 8.62 Å². The van der Waals surface area contributed by atoms with E-state index < -0.39 is 53.9 Å². The first-order chi connectivity index (χ1) is 20.4. The summed E-state index contributed by atoms with van der Waals surface area (Å²) in [5, 5.41) is 3.79. The molecular formula is C22H28N7O12P3. The smallest absolute Gasteiger partial charge is 0.397 e. The SMILES string of the molecule is CC(C)(N=[N+]=[N-])c1ccccc1C(=O)CC1C[C@H](n2cnc3c(N)ccnc32)O[C@@H]1COP(=O)(O)OP(=O)(O)OP(=O)(O)O. The number of hydrogen-bond donors (Lipinski definition) is 5. The van der Waals surface area contributed by atoms with Gasteiger partial charge in [0.15, 0.2) is 11.4 Å². The first-order valence-corrected chi connectivity index (χ1v) is 17.1. The predicted octanol–water partition coefficient (Wildman–Crippen LogP) is 4.08. The van der Waals surface area contributed by atoms with Crippen molar-refractivity contribution in [1.29, 1.82) is 0 Å². The zero-order valence-electron chi connectivity index (χ0n) is 23.1. The Morgan fingerprint density at radius 2 is 1.86 bits per heavy atom. The van der Waals surface area contributed by atoms with Crippen molar-refractivity contribution in [2.75, 3.05) is 12.3 Å². The summed E-state index contributed by atoms with van der Waals surface area (Å²) in [6, 6.07) is 8.09. The molecule has 4 rings (SSSR count). The lowest BCUT2D eigenvalue weighted by Crippen LogP contribution is -2.25. The number of carbonyl (C=O) groups is 1. The number of pyridine rings is 1. The van der Waals surface area contributed by atoms with Crippen molar-refractivity contribution in [2.45, 2.75) is 44.6 Å². The fourth-order valence-corrected chi connectivity index (χ4v) is 7.79. The van der Waals surface area contributed by atoms with Crippen LogP contribution in [-0.4, -0.2) is 52.6 Å². The average Bonchev–Trinajstić information content (AvgIpc) is 3.50. The summed E-state index contributed by atoms with van der Waals surface area (Å²) in [5.41, 5.74) is 15.7. The van der Waals surface area contributed by atoms with Crippen LogP contribution >= 0.6 is 23.5 Å². The topological polar surface area (TPSA) is 292 Å². The third-order valence-electron chi connectivity index (χ3n) is 6.61. The monoisotopic (exact) mass is 675 g/mol. The lowest BCUT2D eigenvalue weighted by molar-refractivity contribution is -0.0287. The number of phosphoric ester groups is 1. The van der Waals surface area contributed by atoms with Crippen LogP contribution in [0.25, 0.3) is 21.6 Å². The molecule has 22 heteroatoms. The van der Waals surface area contributed by atoms with Crippen LogP contribution in [0.4, 0.5) is 5.69 Å². The van der Waals surface area contributed by atoms with E-state index in [-0.39, 0.29) is 24.2 Å². The summed E-state index contributed by atoms with van der Waals surface area (Å²) in [6.45, 7) is 2.51. The highest BCUT2D eigenvalue weighted by Crippen LogP contribution is 2.66. The van der Waals surface area contributed by atoms with Crippen LogP contribution < -0.4 is 5.73 Å². The van der Waals surface area contributed by atoms with Crippen LogP contribution in [0.5, 0.6) is 0 Å². The normalized spacial score (nSPS) is 21.8. The molecule has 0 bridgehead atoms. The van der Waals surface area contributed by atoms with Gasteiger partial charge in [0.2, 0.25) is 0 Å². The molecule has 238 valence electrons. The molecule has 3 aromatic rings. The number of nitrogens with two attached hydrogens (primary N) is 1. The van der Waals surface area contributed by atoms with E-state index in [1.54, 1.807) is 48.7 Å². The number of nitrogen functional groups attached to an aromatic ring is 1. The number of azide groups is 1. The number of carbonyl (C=O) groups excluding carboxylic acids is 1. The summed E-state index contributed by atoms with van der Waals surface area (Å²) < 4.78 is 55.1. The van der Waals surface area contributed by atoms with Gasteiger partial charge in [0.25, 0.3) is 0 Å². The molecular weight excluding hydrogens is 647 g/mol. The maximum absolute atomic E-state index is 13.6. The van der Waals surface area contributed by atoms with E-state index in [0.717, 1.165) is 0 Å². The number of aromatic nitrogens is 3. The molecule has 5 atom stereocenters. The highest BCUT2D eigenvalue weighted by atomic mass is 31.3. The van der Waals surface area contributed by atoms with Crippen molar-refractivity contribution >= 4 is 46.1 Å². The Balaban J connectivity index is 1.60. The van der Waals surface area contributed by atoms with Gasteiger partial charge in [0.05, 0.1) is 30.3 Å². The van der Waals surface area contributed by atoms with Gasteiger partial charge in [0.1, 0.15) is 11.7 Å². The first-order valence-electron chi connectivity index (χ1n) is 12.6. The molecule has 0 saturated carbocycles. The van der Waals surface area contributed by atoms with Crippen molar-refractivity contribution in [2.24, 2.45) is 11.0 Å². The lowest BCUT2D eigenvalue weighted by Gasteiger charge is -2.23. The van der Waals surface area contributed by atoms with Gasteiger partial charge in [0, 0.05) is 23.1 Å². The van der Waals surface area contributed by atoms with Gasteiger partial charge in [-0.1, -0.05) is 43.2 Å². The number of imidazole rings is 1. The van der Waals surface area contributed by atoms with Gasteiger partial charge in [-0.05, 0) is 29.5 Å². The van der Waals surface area contributed by atoms with Gasteiger partial charge in [-0.3, -0.25) is 13.9 Å². The van der Waals surface area contributed by atoms with E-state index in [9.17, 15) is 28.3 Å². The lowest BCUT2D eigenvalue weighted by atomic mass is 9.85. The number of phosphoric acid groups is 3. The molecule has 0 amide bonds. The van der Waals surface area contributed by atoms with Crippen LogP contribution in [0.2, 0.25) is 0 Å². The van der Waals surface area contributed by atoms with Crippen LogP contribution in [0.15, 0.2) is 48.0 Å². The van der Waals surface area contributed by atoms with Crippen molar-refractivity contribution < 1.29 is 55.9 Å².